The van der Waals surface area contributed by atoms with Crippen molar-refractivity contribution in [1.82, 2.24) is 0 Å². The molecule has 1 rings (SSSR count). The van der Waals surface area contributed by atoms with Crippen molar-refractivity contribution in [3.05, 3.63) is 35.6 Å². The molecule has 1 aromatic rings. The molecule has 17 heavy (non-hydrogen) atoms. The monoisotopic (exact) mass is 238 g/mol. The maximum absolute atomic E-state index is 13.5. The molecule has 0 fully saturated rings. The van der Waals surface area contributed by atoms with Crippen molar-refractivity contribution >= 4 is 5.97 Å². The molecule has 0 amide bonds. The van der Waals surface area contributed by atoms with Gasteiger partial charge in [0, 0.05) is 5.56 Å². The van der Waals surface area contributed by atoms with Crippen molar-refractivity contribution in [3.8, 4) is 0 Å². The predicted molar refractivity (Wildman–Crippen MR) is 65.5 cm³/mol. The first kappa shape index (κ1) is 13.7. The minimum Gasteiger partial charge on any atom is -0.481 e. The van der Waals surface area contributed by atoms with Gasteiger partial charge >= 0.3 is 5.97 Å². The molecule has 0 radical (unpaired) electrons. The zero-order valence-corrected chi connectivity index (χ0v) is 10.2. The smallest absolute Gasteiger partial charge is 0.311 e. The Labute approximate surface area is 101 Å². The fraction of sp³-hybridized carbons (Fsp3) is 0.500. The van der Waals surface area contributed by atoms with Gasteiger partial charge in [-0.25, -0.2) is 4.39 Å². The molecule has 0 aromatic heterocycles. The second-order valence-corrected chi connectivity index (χ2v) is 4.26. The maximum atomic E-state index is 13.5. The summed E-state index contributed by atoms with van der Waals surface area (Å²) in [6, 6.07) is 6.14. The van der Waals surface area contributed by atoms with Crippen LogP contribution in [0.5, 0.6) is 0 Å². The van der Waals surface area contributed by atoms with Crippen molar-refractivity contribution in [1.29, 1.82) is 0 Å². The molecule has 0 bridgehead atoms. The van der Waals surface area contributed by atoms with Crippen LogP contribution in [0, 0.1) is 5.82 Å². The number of hydrogen-bond donors (Lipinski definition) is 1. The number of unbranched alkanes of at least 4 members (excludes halogenated alkanes) is 3. The first-order valence-electron chi connectivity index (χ1n) is 6.14. The summed E-state index contributed by atoms with van der Waals surface area (Å²) in [4.78, 5) is 11.1. The Morgan fingerprint density at radius 1 is 1.29 bits per heavy atom. The van der Waals surface area contributed by atoms with E-state index >= 15 is 0 Å². The van der Waals surface area contributed by atoms with E-state index in [1.165, 1.54) is 6.07 Å². The molecule has 3 heteroatoms. The Bertz CT molecular complexity index is 363. The lowest BCUT2D eigenvalue weighted by atomic mass is 9.93. The number of hydrogen-bond acceptors (Lipinski definition) is 1. The van der Waals surface area contributed by atoms with Crippen LogP contribution in [0.3, 0.4) is 0 Å². The summed E-state index contributed by atoms with van der Waals surface area (Å²) in [6.45, 7) is 2.10. The van der Waals surface area contributed by atoms with Crippen LogP contribution in [0.1, 0.15) is 50.5 Å². The molecular weight excluding hydrogens is 219 g/mol. The molecule has 0 aliphatic carbocycles. The lowest BCUT2D eigenvalue weighted by molar-refractivity contribution is -0.139. The van der Waals surface area contributed by atoms with Crippen LogP contribution in [-0.2, 0) is 4.79 Å². The van der Waals surface area contributed by atoms with E-state index in [0.717, 1.165) is 25.7 Å². The number of aliphatic carboxylic acids is 1. The first-order chi connectivity index (χ1) is 8.16. The van der Waals surface area contributed by atoms with Gasteiger partial charge in [-0.15, -0.1) is 0 Å². The molecule has 0 aliphatic rings. The summed E-state index contributed by atoms with van der Waals surface area (Å²) in [5.41, 5.74) is 0.302. The quantitative estimate of drug-likeness (QED) is 0.730. The van der Waals surface area contributed by atoms with Crippen molar-refractivity contribution in [2.24, 2.45) is 0 Å². The van der Waals surface area contributed by atoms with Gasteiger partial charge in [0.1, 0.15) is 5.82 Å². The Morgan fingerprint density at radius 3 is 2.59 bits per heavy atom. The van der Waals surface area contributed by atoms with Gasteiger partial charge in [0.25, 0.3) is 0 Å². The lowest BCUT2D eigenvalue weighted by Crippen LogP contribution is -2.13. The minimum atomic E-state index is -0.938. The zero-order chi connectivity index (χ0) is 12.7. The topological polar surface area (TPSA) is 37.3 Å². The number of rotatable bonds is 7. The molecule has 0 aliphatic heterocycles. The van der Waals surface area contributed by atoms with E-state index in [-0.39, 0.29) is 0 Å². The van der Waals surface area contributed by atoms with Gasteiger partial charge in [-0.3, -0.25) is 4.79 Å². The van der Waals surface area contributed by atoms with Crippen molar-refractivity contribution in [2.75, 3.05) is 0 Å². The molecule has 1 atom stereocenters. The molecule has 0 saturated carbocycles. The second kappa shape index (κ2) is 7.05. The Morgan fingerprint density at radius 2 is 2.00 bits per heavy atom. The van der Waals surface area contributed by atoms with Crippen LogP contribution in [0.4, 0.5) is 4.39 Å². The molecule has 0 saturated heterocycles. The molecule has 1 N–H and O–H groups in total. The van der Waals surface area contributed by atoms with Crippen LogP contribution >= 0.6 is 0 Å². The van der Waals surface area contributed by atoms with Crippen molar-refractivity contribution < 1.29 is 14.3 Å². The Kier molecular flexibility index (Phi) is 5.67. The number of halogens is 1. The molecule has 0 heterocycles. The van der Waals surface area contributed by atoms with E-state index in [4.69, 9.17) is 5.11 Å². The largest absolute Gasteiger partial charge is 0.481 e. The third-order valence-corrected chi connectivity index (χ3v) is 2.93. The molecule has 2 nitrogen and oxygen atoms in total. The van der Waals surface area contributed by atoms with E-state index in [1.807, 2.05) is 0 Å². The van der Waals surface area contributed by atoms with E-state index in [1.54, 1.807) is 18.2 Å². The van der Waals surface area contributed by atoms with Crippen LogP contribution in [0.2, 0.25) is 0 Å². The van der Waals surface area contributed by atoms with Crippen molar-refractivity contribution in [2.45, 2.75) is 44.9 Å². The second-order valence-electron chi connectivity index (χ2n) is 4.26. The van der Waals surface area contributed by atoms with Crippen LogP contribution in [0.15, 0.2) is 24.3 Å². The van der Waals surface area contributed by atoms with E-state index < -0.39 is 17.7 Å². The minimum absolute atomic E-state index is 0.302. The normalized spacial score (nSPS) is 12.4. The summed E-state index contributed by atoms with van der Waals surface area (Å²) in [6.07, 6.45) is 4.56. The SMILES string of the molecule is CCCCCCC(C(=O)O)c1ccccc1F. The Balaban J connectivity index is 2.66. The molecule has 94 valence electrons. The summed E-state index contributed by atoms with van der Waals surface area (Å²) in [5.74, 6) is -2.07. The van der Waals surface area contributed by atoms with E-state index in [9.17, 15) is 9.18 Å². The summed E-state index contributed by atoms with van der Waals surface area (Å²) in [7, 11) is 0. The lowest BCUT2D eigenvalue weighted by Gasteiger charge is -2.13. The molecule has 1 aromatic carbocycles. The van der Waals surface area contributed by atoms with Gasteiger partial charge in [-0.2, -0.15) is 0 Å². The first-order valence-corrected chi connectivity index (χ1v) is 6.14. The standard InChI is InChI=1S/C14H19FO2/c1-2-3-4-5-9-12(14(16)17)11-8-6-7-10-13(11)15/h6-8,10,12H,2-5,9H2,1H3,(H,16,17). The average Bonchev–Trinajstić information content (AvgIpc) is 2.30. The summed E-state index contributed by atoms with van der Waals surface area (Å²) in [5, 5.41) is 9.14. The van der Waals surface area contributed by atoms with Crippen LogP contribution in [0.25, 0.3) is 0 Å². The Hall–Kier alpha value is -1.38. The van der Waals surface area contributed by atoms with Gasteiger partial charge in [0.15, 0.2) is 0 Å². The van der Waals surface area contributed by atoms with Gasteiger partial charge in [0.05, 0.1) is 5.92 Å². The number of carboxylic acids is 1. The third kappa shape index (κ3) is 4.17. The van der Waals surface area contributed by atoms with Gasteiger partial charge < -0.3 is 5.11 Å². The number of benzene rings is 1. The van der Waals surface area contributed by atoms with Crippen LogP contribution < -0.4 is 0 Å². The highest BCUT2D eigenvalue weighted by atomic mass is 19.1. The predicted octanol–water partition coefficient (Wildman–Crippen LogP) is 3.96. The maximum Gasteiger partial charge on any atom is 0.311 e. The third-order valence-electron chi connectivity index (χ3n) is 2.93. The van der Waals surface area contributed by atoms with Crippen molar-refractivity contribution in [3.63, 3.8) is 0 Å². The summed E-state index contributed by atoms with van der Waals surface area (Å²) < 4.78 is 13.5. The molecule has 0 spiro atoms. The highest BCUT2D eigenvalue weighted by Crippen LogP contribution is 2.25. The van der Waals surface area contributed by atoms with Crippen LogP contribution in [-0.4, -0.2) is 11.1 Å². The van der Waals surface area contributed by atoms with Gasteiger partial charge in [0.2, 0.25) is 0 Å². The fourth-order valence-corrected chi connectivity index (χ4v) is 1.94. The van der Waals surface area contributed by atoms with E-state index in [0.29, 0.717) is 12.0 Å². The highest BCUT2D eigenvalue weighted by Gasteiger charge is 2.21. The average molecular weight is 238 g/mol. The van der Waals surface area contributed by atoms with Gasteiger partial charge in [-0.1, -0.05) is 50.8 Å². The highest BCUT2D eigenvalue weighted by molar-refractivity contribution is 5.76. The van der Waals surface area contributed by atoms with E-state index in [2.05, 4.69) is 6.92 Å². The number of carboxylic acid groups (broad SMARTS) is 1. The zero-order valence-electron chi connectivity index (χ0n) is 10.2. The fourth-order valence-electron chi connectivity index (χ4n) is 1.94. The van der Waals surface area contributed by atoms with Gasteiger partial charge in [-0.05, 0) is 12.5 Å². The summed E-state index contributed by atoms with van der Waals surface area (Å²) >= 11 is 0. The molecular formula is C14H19FO2. The molecule has 1 unspecified atom stereocenters. The number of carbonyl (C=O) groups is 1.